The van der Waals surface area contributed by atoms with Gasteiger partial charge in [0.1, 0.15) is 22.7 Å². The first-order valence-electron chi connectivity index (χ1n) is 11.3. The number of carbonyl (C=O) groups excluding carboxylic acids is 2. The van der Waals surface area contributed by atoms with Crippen molar-refractivity contribution in [1.29, 1.82) is 0 Å². The van der Waals surface area contributed by atoms with Crippen LogP contribution in [0.1, 0.15) is 33.4 Å². The maximum Gasteiger partial charge on any atom is 0.342 e. The maximum absolute atomic E-state index is 13.8. The molecule has 0 fully saturated rings. The van der Waals surface area contributed by atoms with Crippen molar-refractivity contribution in [1.82, 2.24) is 0 Å². The van der Waals surface area contributed by atoms with Gasteiger partial charge in [0.15, 0.2) is 0 Å². The van der Waals surface area contributed by atoms with Crippen LogP contribution in [0.3, 0.4) is 0 Å². The molecule has 0 bridgehead atoms. The molecule has 1 aromatic heterocycles. The Morgan fingerprint density at radius 3 is 2.39 bits per heavy atom. The Morgan fingerprint density at radius 2 is 1.76 bits per heavy atom. The monoisotopic (exact) mass is 538 g/mol. The van der Waals surface area contributed by atoms with Gasteiger partial charge >= 0.3 is 5.97 Å². The second kappa shape index (κ2) is 10.3. The lowest BCUT2D eigenvalue weighted by molar-refractivity contribution is -0.384. The first-order valence-corrected chi connectivity index (χ1v) is 12.7. The van der Waals surface area contributed by atoms with Gasteiger partial charge in [-0.2, -0.15) is 4.31 Å². The largest absolute Gasteiger partial charge is 0.497 e. The fourth-order valence-electron chi connectivity index (χ4n) is 3.88. The standard InChI is InChI=1S/C26H22N2O9S/c1-4-36-26(30)24-16(2)37-23-13-8-18(15-22(23)24)27(25(29)17-6-5-7-19(14-17)28(31)32)38(33,34)21-11-9-20(35-3)10-12-21/h5-15H,4H2,1-3H3. The highest BCUT2D eigenvalue weighted by molar-refractivity contribution is 7.93. The molecule has 0 spiro atoms. The smallest absolute Gasteiger partial charge is 0.342 e. The van der Waals surface area contributed by atoms with Crippen molar-refractivity contribution in [3.63, 3.8) is 0 Å². The van der Waals surface area contributed by atoms with Crippen LogP contribution in [0.15, 0.2) is 76.0 Å². The van der Waals surface area contributed by atoms with Crippen LogP contribution in [0.25, 0.3) is 11.0 Å². The average molecular weight is 539 g/mol. The summed E-state index contributed by atoms with van der Waals surface area (Å²) >= 11 is 0. The van der Waals surface area contributed by atoms with Crippen molar-refractivity contribution < 1.29 is 36.8 Å². The number of benzene rings is 3. The van der Waals surface area contributed by atoms with Gasteiger partial charge < -0.3 is 13.9 Å². The number of fused-ring (bicyclic) bond motifs is 1. The number of amides is 1. The van der Waals surface area contributed by atoms with E-state index in [-0.39, 0.29) is 50.7 Å². The summed E-state index contributed by atoms with van der Waals surface area (Å²) in [6.45, 7) is 3.31. The predicted molar refractivity (Wildman–Crippen MR) is 137 cm³/mol. The van der Waals surface area contributed by atoms with Gasteiger partial charge in [-0.05, 0) is 62.4 Å². The van der Waals surface area contributed by atoms with E-state index in [1.54, 1.807) is 13.8 Å². The predicted octanol–water partition coefficient (Wildman–Crippen LogP) is 4.87. The number of aryl methyl sites for hydroxylation is 1. The fourth-order valence-corrected chi connectivity index (χ4v) is 5.28. The summed E-state index contributed by atoms with van der Waals surface area (Å²) in [5.41, 5.74) is -0.364. The summed E-state index contributed by atoms with van der Waals surface area (Å²) in [6, 6.07) is 14.2. The van der Waals surface area contributed by atoms with Crippen LogP contribution in [0.2, 0.25) is 0 Å². The third-order valence-electron chi connectivity index (χ3n) is 5.65. The molecular formula is C26H22N2O9S. The molecule has 0 aliphatic rings. The Bertz CT molecular complexity index is 1660. The number of nitrogens with zero attached hydrogens (tertiary/aromatic N) is 2. The number of methoxy groups -OCH3 is 1. The van der Waals surface area contributed by atoms with Crippen LogP contribution in [0.4, 0.5) is 11.4 Å². The number of hydrogen-bond donors (Lipinski definition) is 0. The maximum atomic E-state index is 13.8. The number of nitro benzene ring substituents is 1. The van der Waals surface area contributed by atoms with Crippen LogP contribution in [0.5, 0.6) is 5.75 Å². The van der Waals surface area contributed by atoms with Gasteiger partial charge in [-0.1, -0.05) is 6.07 Å². The SMILES string of the molecule is CCOC(=O)c1c(C)oc2ccc(N(C(=O)c3cccc([N+](=O)[O-])c3)S(=O)(=O)c3ccc(OC)cc3)cc12. The average Bonchev–Trinajstić information content (AvgIpc) is 3.23. The Hall–Kier alpha value is -4.71. The van der Waals surface area contributed by atoms with Gasteiger partial charge in [-0.3, -0.25) is 14.9 Å². The molecule has 0 aliphatic heterocycles. The summed E-state index contributed by atoms with van der Waals surface area (Å²) in [7, 11) is -3.13. The van der Waals surface area contributed by atoms with Crippen LogP contribution in [0, 0.1) is 17.0 Å². The van der Waals surface area contributed by atoms with Crippen LogP contribution >= 0.6 is 0 Å². The zero-order chi connectivity index (χ0) is 27.6. The van der Waals surface area contributed by atoms with E-state index in [0.717, 1.165) is 6.07 Å². The molecule has 0 radical (unpaired) electrons. The molecule has 1 amide bonds. The van der Waals surface area contributed by atoms with Gasteiger partial charge in [0.05, 0.1) is 29.2 Å². The Morgan fingerprint density at radius 1 is 1.05 bits per heavy atom. The summed E-state index contributed by atoms with van der Waals surface area (Å²) in [4.78, 5) is 36.7. The molecule has 0 atom stereocenters. The van der Waals surface area contributed by atoms with Crippen molar-refractivity contribution in [2.24, 2.45) is 0 Å². The highest BCUT2D eigenvalue weighted by atomic mass is 32.2. The number of carbonyl (C=O) groups is 2. The lowest BCUT2D eigenvalue weighted by Crippen LogP contribution is -2.37. The highest BCUT2D eigenvalue weighted by Crippen LogP contribution is 2.34. The number of nitro groups is 1. The second-order valence-corrected chi connectivity index (χ2v) is 9.78. The zero-order valence-corrected chi connectivity index (χ0v) is 21.4. The number of esters is 1. The van der Waals surface area contributed by atoms with Crippen LogP contribution in [-0.2, 0) is 14.8 Å². The number of anilines is 1. The Balaban J connectivity index is 1.94. The van der Waals surface area contributed by atoms with E-state index >= 15 is 0 Å². The topological polar surface area (TPSA) is 146 Å². The van der Waals surface area contributed by atoms with Gasteiger partial charge in [-0.25, -0.2) is 13.2 Å². The summed E-state index contributed by atoms with van der Waals surface area (Å²) in [5, 5.41) is 11.5. The third kappa shape index (κ3) is 4.81. The first kappa shape index (κ1) is 26.4. The number of rotatable bonds is 8. The van der Waals surface area contributed by atoms with Gasteiger partial charge in [-0.15, -0.1) is 0 Å². The molecule has 0 saturated heterocycles. The van der Waals surface area contributed by atoms with E-state index in [2.05, 4.69) is 0 Å². The summed E-state index contributed by atoms with van der Waals surface area (Å²) in [5.74, 6) is -1.06. The molecule has 3 aromatic carbocycles. The number of hydrogen-bond acceptors (Lipinski definition) is 9. The molecule has 12 heteroatoms. The number of ether oxygens (including phenoxy) is 2. The normalized spacial score (nSPS) is 11.2. The summed E-state index contributed by atoms with van der Waals surface area (Å²) in [6.07, 6.45) is 0. The van der Waals surface area contributed by atoms with Crippen molar-refractivity contribution in [2.75, 3.05) is 18.0 Å². The minimum Gasteiger partial charge on any atom is -0.497 e. The molecule has 1 heterocycles. The molecule has 38 heavy (non-hydrogen) atoms. The number of non-ortho nitro benzene ring substituents is 1. The molecule has 196 valence electrons. The van der Waals surface area contributed by atoms with Crippen molar-refractivity contribution >= 4 is 44.2 Å². The van der Waals surface area contributed by atoms with Crippen molar-refractivity contribution in [3.05, 3.63) is 93.7 Å². The molecule has 0 N–H and O–H groups in total. The molecule has 0 aliphatic carbocycles. The zero-order valence-electron chi connectivity index (χ0n) is 20.5. The molecule has 0 saturated carbocycles. The van der Waals surface area contributed by atoms with E-state index in [1.807, 2.05) is 0 Å². The lowest BCUT2D eigenvalue weighted by atomic mass is 10.1. The van der Waals surface area contributed by atoms with Crippen molar-refractivity contribution in [3.8, 4) is 5.75 Å². The molecular weight excluding hydrogens is 516 g/mol. The van der Waals surface area contributed by atoms with Crippen LogP contribution < -0.4 is 9.04 Å². The van der Waals surface area contributed by atoms with Gasteiger partial charge in [0.2, 0.25) is 0 Å². The van der Waals surface area contributed by atoms with E-state index in [1.165, 1.54) is 67.8 Å². The van der Waals surface area contributed by atoms with Crippen molar-refractivity contribution in [2.45, 2.75) is 18.7 Å². The lowest BCUT2D eigenvalue weighted by Gasteiger charge is -2.23. The third-order valence-corrected chi connectivity index (χ3v) is 7.37. The Labute approximate surface area is 217 Å². The fraction of sp³-hybridized carbons (Fsp3) is 0.154. The second-order valence-electron chi connectivity index (χ2n) is 7.99. The minimum atomic E-state index is -4.55. The van der Waals surface area contributed by atoms with E-state index in [9.17, 15) is 28.1 Å². The summed E-state index contributed by atoms with van der Waals surface area (Å²) < 4.78 is 44.1. The number of sulfonamides is 1. The van der Waals surface area contributed by atoms with E-state index in [4.69, 9.17) is 13.9 Å². The highest BCUT2D eigenvalue weighted by Gasteiger charge is 2.33. The van der Waals surface area contributed by atoms with E-state index < -0.39 is 26.8 Å². The first-order chi connectivity index (χ1) is 18.1. The molecule has 4 aromatic rings. The Kier molecular flexibility index (Phi) is 7.17. The molecule has 4 rings (SSSR count). The molecule has 11 nitrogen and oxygen atoms in total. The minimum absolute atomic E-state index is 0.0910. The quantitative estimate of drug-likeness (QED) is 0.174. The van der Waals surface area contributed by atoms with Gasteiger partial charge in [0.25, 0.3) is 21.6 Å². The van der Waals surface area contributed by atoms with Gasteiger partial charge in [0, 0.05) is 23.1 Å². The number of furan rings is 1. The van der Waals surface area contributed by atoms with Crippen LogP contribution in [-0.4, -0.2) is 38.9 Å². The molecule has 0 unspecified atom stereocenters. The van der Waals surface area contributed by atoms with E-state index in [0.29, 0.717) is 10.1 Å².